The number of benzene rings is 1. The van der Waals surface area contributed by atoms with Crippen molar-refractivity contribution in [3.63, 3.8) is 0 Å². The molecular formula is C17H27BrN2. The SMILES string of the molecule is CCCN1CCC(C(C)NCc2ccccc2Br)CC1. The van der Waals surface area contributed by atoms with E-state index in [0.717, 1.165) is 12.5 Å². The molecule has 1 fully saturated rings. The van der Waals surface area contributed by atoms with Crippen molar-refractivity contribution >= 4 is 15.9 Å². The molecule has 3 heteroatoms. The second kappa shape index (κ2) is 8.16. The van der Waals surface area contributed by atoms with E-state index in [9.17, 15) is 0 Å². The van der Waals surface area contributed by atoms with Crippen LogP contribution in [0.15, 0.2) is 28.7 Å². The normalized spacial score (nSPS) is 19.1. The minimum atomic E-state index is 0.603. The predicted molar refractivity (Wildman–Crippen MR) is 89.9 cm³/mol. The Morgan fingerprint density at radius 3 is 2.65 bits per heavy atom. The summed E-state index contributed by atoms with van der Waals surface area (Å²) in [5.41, 5.74) is 1.35. The van der Waals surface area contributed by atoms with Crippen molar-refractivity contribution in [2.75, 3.05) is 19.6 Å². The van der Waals surface area contributed by atoms with Gasteiger partial charge in [0.05, 0.1) is 0 Å². The third-order valence-electron chi connectivity index (χ3n) is 4.45. The number of nitrogens with zero attached hydrogens (tertiary/aromatic N) is 1. The lowest BCUT2D eigenvalue weighted by molar-refractivity contribution is 0.162. The molecule has 1 aromatic rings. The van der Waals surface area contributed by atoms with Crippen LogP contribution in [0, 0.1) is 5.92 Å². The summed E-state index contributed by atoms with van der Waals surface area (Å²) in [5.74, 6) is 0.825. The van der Waals surface area contributed by atoms with Crippen molar-refractivity contribution < 1.29 is 0 Å². The average Bonchev–Trinajstić information content (AvgIpc) is 2.47. The first-order chi connectivity index (χ1) is 9.70. The van der Waals surface area contributed by atoms with Crippen molar-refractivity contribution in [3.05, 3.63) is 34.3 Å². The quantitative estimate of drug-likeness (QED) is 0.841. The summed E-state index contributed by atoms with van der Waals surface area (Å²) in [6.07, 6.45) is 3.95. The summed E-state index contributed by atoms with van der Waals surface area (Å²) in [7, 11) is 0. The van der Waals surface area contributed by atoms with Crippen LogP contribution < -0.4 is 5.32 Å². The number of likely N-dealkylation sites (tertiary alicyclic amines) is 1. The Balaban J connectivity index is 1.76. The molecule has 1 saturated heterocycles. The molecule has 0 aliphatic carbocycles. The van der Waals surface area contributed by atoms with Crippen molar-refractivity contribution in [1.82, 2.24) is 10.2 Å². The van der Waals surface area contributed by atoms with Crippen molar-refractivity contribution in [3.8, 4) is 0 Å². The maximum absolute atomic E-state index is 3.71. The topological polar surface area (TPSA) is 15.3 Å². The lowest BCUT2D eigenvalue weighted by atomic mass is 9.90. The van der Waals surface area contributed by atoms with Crippen molar-refractivity contribution in [2.24, 2.45) is 5.92 Å². The summed E-state index contributed by atoms with van der Waals surface area (Å²) in [5, 5.41) is 3.71. The molecule has 0 radical (unpaired) electrons. The Kier molecular flexibility index (Phi) is 6.53. The van der Waals surface area contributed by atoms with E-state index in [1.54, 1.807) is 0 Å². The van der Waals surface area contributed by atoms with Crippen LogP contribution >= 0.6 is 15.9 Å². The molecule has 0 saturated carbocycles. The van der Waals surface area contributed by atoms with Crippen molar-refractivity contribution in [1.29, 1.82) is 0 Å². The highest BCUT2D eigenvalue weighted by Gasteiger charge is 2.23. The molecule has 1 unspecified atom stereocenters. The third kappa shape index (κ3) is 4.57. The van der Waals surface area contributed by atoms with Gasteiger partial charge in [0, 0.05) is 17.1 Å². The van der Waals surface area contributed by atoms with E-state index in [1.165, 1.54) is 48.9 Å². The van der Waals surface area contributed by atoms with E-state index in [2.05, 4.69) is 64.3 Å². The van der Waals surface area contributed by atoms with E-state index < -0.39 is 0 Å². The molecule has 1 N–H and O–H groups in total. The zero-order valence-corrected chi connectivity index (χ0v) is 14.3. The van der Waals surface area contributed by atoms with Gasteiger partial charge in [-0.1, -0.05) is 41.1 Å². The van der Waals surface area contributed by atoms with Crippen LogP contribution in [0.4, 0.5) is 0 Å². The summed E-state index contributed by atoms with van der Waals surface area (Å²) in [6, 6.07) is 9.08. The second-order valence-corrected chi connectivity index (χ2v) is 6.79. The van der Waals surface area contributed by atoms with Gasteiger partial charge >= 0.3 is 0 Å². The molecule has 0 amide bonds. The number of nitrogens with one attached hydrogen (secondary N) is 1. The van der Waals surface area contributed by atoms with Crippen LogP contribution in [0.5, 0.6) is 0 Å². The summed E-state index contributed by atoms with van der Waals surface area (Å²) in [6.45, 7) is 9.40. The van der Waals surface area contributed by atoms with E-state index in [0.29, 0.717) is 6.04 Å². The van der Waals surface area contributed by atoms with Crippen molar-refractivity contribution in [2.45, 2.75) is 45.7 Å². The van der Waals surface area contributed by atoms with Gasteiger partial charge in [0.1, 0.15) is 0 Å². The van der Waals surface area contributed by atoms with Crippen LogP contribution in [0.1, 0.15) is 38.7 Å². The van der Waals surface area contributed by atoms with E-state index in [-0.39, 0.29) is 0 Å². The van der Waals surface area contributed by atoms with Gasteiger partial charge in [0.15, 0.2) is 0 Å². The van der Waals surface area contributed by atoms with Crippen LogP contribution in [-0.4, -0.2) is 30.6 Å². The Hall–Kier alpha value is -0.380. The van der Waals surface area contributed by atoms with Crippen LogP contribution in [0.25, 0.3) is 0 Å². The third-order valence-corrected chi connectivity index (χ3v) is 5.23. The lowest BCUT2D eigenvalue weighted by Gasteiger charge is -2.35. The highest BCUT2D eigenvalue weighted by molar-refractivity contribution is 9.10. The second-order valence-electron chi connectivity index (χ2n) is 5.94. The predicted octanol–water partition coefficient (Wildman–Crippen LogP) is 4.05. The van der Waals surface area contributed by atoms with E-state index in [1.807, 2.05) is 0 Å². The summed E-state index contributed by atoms with van der Waals surface area (Å²) >= 11 is 3.62. The molecule has 1 aromatic carbocycles. The number of halogens is 1. The first-order valence-electron chi connectivity index (χ1n) is 7.90. The van der Waals surface area contributed by atoms with Gasteiger partial charge in [0.2, 0.25) is 0 Å². The van der Waals surface area contributed by atoms with Gasteiger partial charge in [-0.05, 0) is 63.4 Å². The largest absolute Gasteiger partial charge is 0.310 e. The molecule has 0 spiro atoms. The molecule has 20 heavy (non-hydrogen) atoms. The molecule has 2 nitrogen and oxygen atoms in total. The summed E-state index contributed by atoms with van der Waals surface area (Å²) < 4.78 is 1.21. The van der Waals surface area contributed by atoms with Gasteiger partial charge < -0.3 is 10.2 Å². The van der Waals surface area contributed by atoms with Gasteiger partial charge in [0.25, 0.3) is 0 Å². The molecule has 1 aliphatic rings. The van der Waals surface area contributed by atoms with E-state index >= 15 is 0 Å². The van der Waals surface area contributed by atoms with Gasteiger partial charge in [-0.2, -0.15) is 0 Å². The van der Waals surface area contributed by atoms with Crippen LogP contribution in [-0.2, 0) is 6.54 Å². The zero-order chi connectivity index (χ0) is 14.4. The molecule has 2 rings (SSSR count). The van der Waals surface area contributed by atoms with Crippen LogP contribution in [0.2, 0.25) is 0 Å². The van der Waals surface area contributed by atoms with Gasteiger partial charge in [-0.3, -0.25) is 0 Å². The maximum atomic E-state index is 3.71. The molecule has 1 heterocycles. The Bertz CT molecular complexity index is 400. The highest BCUT2D eigenvalue weighted by Crippen LogP contribution is 2.22. The van der Waals surface area contributed by atoms with Crippen LogP contribution in [0.3, 0.4) is 0 Å². The minimum Gasteiger partial charge on any atom is -0.310 e. The van der Waals surface area contributed by atoms with Gasteiger partial charge in [-0.25, -0.2) is 0 Å². The number of rotatable bonds is 6. The van der Waals surface area contributed by atoms with Gasteiger partial charge in [-0.15, -0.1) is 0 Å². The fourth-order valence-corrected chi connectivity index (χ4v) is 3.50. The Morgan fingerprint density at radius 2 is 2.00 bits per heavy atom. The highest BCUT2D eigenvalue weighted by atomic mass is 79.9. The molecule has 0 bridgehead atoms. The molecular weight excluding hydrogens is 312 g/mol. The monoisotopic (exact) mass is 338 g/mol. The molecule has 112 valence electrons. The number of hydrogen-bond acceptors (Lipinski definition) is 2. The smallest absolute Gasteiger partial charge is 0.0220 e. The standard InChI is InChI=1S/C17H27BrN2/c1-3-10-20-11-8-15(9-12-20)14(2)19-13-16-6-4-5-7-17(16)18/h4-7,14-15,19H,3,8-13H2,1-2H3. The molecule has 0 aromatic heterocycles. The van der Waals surface area contributed by atoms with E-state index in [4.69, 9.17) is 0 Å². The fraction of sp³-hybridized carbons (Fsp3) is 0.647. The first kappa shape index (κ1) is 16.0. The fourth-order valence-electron chi connectivity index (χ4n) is 3.07. The number of hydrogen-bond donors (Lipinski definition) is 1. The average molecular weight is 339 g/mol. The minimum absolute atomic E-state index is 0.603. The summed E-state index contributed by atoms with van der Waals surface area (Å²) in [4.78, 5) is 2.61. The first-order valence-corrected chi connectivity index (χ1v) is 8.69. The Morgan fingerprint density at radius 1 is 1.30 bits per heavy atom. The molecule has 1 aliphatic heterocycles. The molecule has 1 atom stereocenters. The maximum Gasteiger partial charge on any atom is 0.0220 e. The number of piperidine rings is 1. The lowest BCUT2D eigenvalue weighted by Crippen LogP contribution is -2.42. The Labute approximate surface area is 132 Å². The zero-order valence-electron chi connectivity index (χ0n) is 12.7.